The highest BCUT2D eigenvalue weighted by Crippen LogP contribution is 2.28. The maximum absolute atomic E-state index is 12.5. The predicted octanol–water partition coefficient (Wildman–Crippen LogP) is 3.19. The van der Waals surface area contributed by atoms with Gasteiger partial charge >= 0.3 is 0 Å². The molecule has 0 bridgehead atoms. The molecule has 1 saturated carbocycles. The molecular weight excluding hydrogens is 288 g/mol. The molecule has 2 aliphatic rings. The van der Waals surface area contributed by atoms with Gasteiger partial charge < -0.3 is 10.2 Å². The minimum Gasteiger partial charge on any atom is -0.353 e. The Kier molecular flexibility index (Phi) is 4.99. The van der Waals surface area contributed by atoms with Crippen LogP contribution in [0.5, 0.6) is 0 Å². The van der Waals surface area contributed by atoms with Crippen molar-refractivity contribution in [2.45, 2.75) is 57.9 Å². The van der Waals surface area contributed by atoms with E-state index in [-0.39, 0.29) is 17.7 Å². The fraction of sp³-hybridized carbons (Fsp3) is 0.579. The highest BCUT2D eigenvalue weighted by molar-refractivity contribution is 6.00. The summed E-state index contributed by atoms with van der Waals surface area (Å²) >= 11 is 0. The lowest BCUT2D eigenvalue weighted by atomic mass is 10.0. The van der Waals surface area contributed by atoms with Gasteiger partial charge in [-0.25, -0.2) is 0 Å². The van der Waals surface area contributed by atoms with E-state index < -0.39 is 0 Å². The number of nitrogens with zero attached hydrogens (tertiary/aromatic N) is 1. The number of hydrogen-bond donors (Lipinski definition) is 1. The first kappa shape index (κ1) is 16.0. The molecule has 1 aromatic carbocycles. The number of aryl methyl sites for hydroxylation is 1. The van der Waals surface area contributed by atoms with E-state index in [1.165, 1.54) is 25.7 Å². The van der Waals surface area contributed by atoms with Gasteiger partial charge in [-0.1, -0.05) is 43.9 Å². The zero-order valence-corrected chi connectivity index (χ0v) is 13.9. The van der Waals surface area contributed by atoms with Crippen molar-refractivity contribution >= 4 is 17.5 Å². The predicted molar refractivity (Wildman–Crippen MR) is 91.3 cm³/mol. The van der Waals surface area contributed by atoms with Crippen LogP contribution >= 0.6 is 0 Å². The van der Waals surface area contributed by atoms with Crippen molar-refractivity contribution in [3.8, 4) is 0 Å². The largest absolute Gasteiger partial charge is 0.353 e. The normalized spacial score (nSPS) is 22.9. The topological polar surface area (TPSA) is 49.4 Å². The van der Waals surface area contributed by atoms with Gasteiger partial charge in [-0.05, 0) is 31.4 Å². The van der Waals surface area contributed by atoms with Crippen LogP contribution in [0.2, 0.25) is 0 Å². The average molecular weight is 314 g/mol. The first-order valence-electron chi connectivity index (χ1n) is 8.81. The summed E-state index contributed by atoms with van der Waals surface area (Å²) in [6.07, 6.45) is 7.42. The van der Waals surface area contributed by atoms with Gasteiger partial charge in [0, 0.05) is 24.7 Å². The van der Waals surface area contributed by atoms with E-state index in [2.05, 4.69) is 5.32 Å². The number of nitrogens with one attached hydrogen (secondary N) is 1. The number of anilines is 1. The lowest BCUT2D eigenvalue weighted by Crippen LogP contribution is -2.39. The number of benzene rings is 1. The van der Waals surface area contributed by atoms with E-state index in [1.807, 2.05) is 31.2 Å². The van der Waals surface area contributed by atoms with Crippen LogP contribution in [-0.2, 0) is 9.59 Å². The standard InChI is InChI=1S/C19H26N2O2/c1-14-8-6-7-11-17(14)21-13-15(12-18(21)22)19(23)20-16-9-4-2-3-5-10-16/h6-8,11,15-16H,2-5,9-10,12-13H2,1H3,(H,20,23). The van der Waals surface area contributed by atoms with Crippen LogP contribution in [0.25, 0.3) is 0 Å². The molecular formula is C19H26N2O2. The molecule has 2 amide bonds. The maximum Gasteiger partial charge on any atom is 0.227 e. The van der Waals surface area contributed by atoms with E-state index in [9.17, 15) is 9.59 Å². The molecule has 4 nitrogen and oxygen atoms in total. The van der Waals surface area contributed by atoms with Crippen molar-refractivity contribution in [3.63, 3.8) is 0 Å². The van der Waals surface area contributed by atoms with E-state index in [0.717, 1.165) is 24.1 Å². The average Bonchev–Trinajstić information content (AvgIpc) is 2.75. The van der Waals surface area contributed by atoms with Gasteiger partial charge in [0.25, 0.3) is 0 Å². The molecule has 23 heavy (non-hydrogen) atoms. The molecule has 1 saturated heterocycles. The lowest BCUT2D eigenvalue weighted by Gasteiger charge is -2.20. The third-order valence-corrected chi connectivity index (χ3v) is 5.10. The molecule has 1 heterocycles. The zero-order valence-electron chi connectivity index (χ0n) is 13.9. The Hall–Kier alpha value is -1.84. The molecule has 1 aromatic rings. The van der Waals surface area contributed by atoms with Gasteiger partial charge in [0.05, 0.1) is 5.92 Å². The number of hydrogen-bond acceptors (Lipinski definition) is 2. The van der Waals surface area contributed by atoms with Gasteiger partial charge in [0.1, 0.15) is 0 Å². The number of carbonyl (C=O) groups is 2. The molecule has 1 atom stereocenters. The maximum atomic E-state index is 12.5. The summed E-state index contributed by atoms with van der Waals surface area (Å²) in [5.41, 5.74) is 2.01. The fourth-order valence-electron chi connectivity index (χ4n) is 3.73. The highest BCUT2D eigenvalue weighted by atomic mass is 16.2. The monoisotopic (exact) mass is 314 g/mol. The second-order valence-electron chi connectivity index (χ2n) is 6.89. The van der Waals surface area contributed by atoms with Crippen LogP contribution in [-0.4, -0.2) is 24.4 Å². The van der Waals surface area contributed by atoms with Crippen LogP contribution in [0, 0.1) is 12.8 Å². The molecule has 4 heteroatoms. The second kappa shape index (κ2) is 7.16. The van der Waals surface area contributed by atoms with Gasteiger partial charge in [0.2, 0.25) is 11.8 Å². The molecule has 0 spiro atoms. The number of para-hydroxylation sites is 1. The number of rotatable bonds is 3. The van der Waals surface area contributed by atoms with Crippen molar-refractivity contribution < 1.29 is 9.59 Å². The molecule has 1 aliphatic heterocycles. The van der Waals surface area contributed by atoms with Crippen molar-refractivity contribution in [1.29, 1.82) is 0 Å². The Morgan fingerprint density at radius 2 is 1.83 bits per heavy atom. The Morgan fingerprint density at radius 3 is 2.52 bits per heavy atom. The summed E-state index contributed by atoms with van der Waals surface area (Å²) in [4.78, 5) is 26.6. The van der Waals surface area contributed by atoms with E-state index in [0.29, 0.717) is 19.0 Å². The van der Waals surface area contributed by atoms with E-state index >= 15 is 0 Å². The van der Waals surface area contributed by atoms with Crippen molar-refractivity contribution in [3.05, 3.63) is 29.8 Å². The summed E-state index contributed by atoms with van der Waals surface area (Å²) in [6.45, 7) is 2.50. The summed E-state index contributed by atoms with van der Waals surface area (Å²) in [5.74, 6) is -0.105. The first-order chi connectivity index (χ1) is 11.1. The fourth-order valence-corrected chi connectivity index (χ4v) is 3.73. The van der Waals surface area contributed by atoms with Crippen LogP contribution in [0.3, 0.4) is 0 Å². The van der Waals surface area contributed by atoms with Crippen LogP contribution < -0.4 is 10.2 Å². The molecule has 2 fully saturated rings. The summed E-state index contributed by atoms with van der Waals surface area (Å²) < 4.78 is 0. The van der Waals surface area contributed by atoms with Crippen LogP contribution in [0.4, 0.5) is 5.69 Å². The highest BCUT2D eigenvalue weighted by Gasteiger charge is 2.36. The molecule has 0 radical (unpaired) electrons. The third kappa shape index (κ3) is 3.74. The lowest BCUT2D eigenvalue weighted by molar-refractivity contribution is -0.127. The van der Waals surface area contributed by atoms with E-state index in [4.69, 9.17) is 0 Å². The third-order valence-electron chi connectivity index (χ3n) is 5.10. The van der Waals surface area contributed by atoms with E-state index in [1.54, 1.807) is 4.90 Å². The second-order valence-corrected chi connectivity index (χ2v) is 6.89. The van der Waals surface area contributed by atoms with Crippen molar-refractivity contribution in [2.75, 3.05) is 11.4 Å². The molecule has 1 unspecified atom stereocenters. The molecule has 1 aliphatic carbocycles. The SMILES string of the molecule is Cc1ccccc1N1CC(C(=O)NC2CCCCCC2)CC1=O. The Labute approximate surface area is 138 Å². The van der Waals surface area contributed by atoms with Crippen LogP contribution in [0.15, 0.2) is 24.3 Å². The molecule has 124 valence electrons. The minimum atomic E-state index is -0.217. The molecule has 3 rings (SSSR count). The first-order valence-corrected chi connectivity index (χ1v) is 8.81. The quantitative estimate of drug-likeness (QED) is 0.871. The van der Waals surface area contributed by atoms with Crippen molar-refractivity contribution in [2.24, 2.45) is 5.92 Å². The number of carbonyl (C=O) groups excluding carboxylic acids is 2. The van der Waals surface area contributed by atoms with Gasteiger partial charge in [-0.3, -0.25) is 9.59 Å². The zero-order chi connectivity index (χ0) is 16.2. The Bertz CT molecular complexity index is 576. The van der Waals surface area contributed by atoms with Gasteiger partial charge in [-0.2, -0.15) is 0 Å². The summed E-state index contributed by atoms with van der Waals surface area (Å²) in [6, 6.07) is 8.16. The van der Waals surface area contributed by atoms with Crippen molar-refractivity contribution in [1.82, 2.24) is 5.32 Å². The van der Waals surface area contributed by atoms with Crippen LogP contribution in [0.1, 0.15) is 50.5 Å². The minimum absolute atomic E-state index is 0.0558. The smallest absolute Gasteiger partial charge is 0.227 e. The number of amides is 2. The summed E-state index contributed by atoms with van der Waals surface area (Å²) in [5, 5.41) is 3.19. The Morgan fingerprint density at radius 1 is 1.13 bits per heavy atom. The Balaban J connectivity index is 1.62. The van der Waals surface area contributed by atoms with Gasteiger partial charge in [-0.15, -0.1) is 0 Å². The molecule has 1 N–H and O–H groups in total. The van der Waals surface area contributed by atoms with Gasteiger partial charge in [0.15, 0.2) is 0 Å². The molecule has 0 aromatic heterocycles. The summed E-state index contributed by atoms with van der Waals surface area (Å²) in [7, 11) is 0.